The van der Waals surface area contributed by atoms with Gasteiger partial charge >= 0.3 is 5.97 Å². The molecule has 3 aromatic rings. The van der Waals surface area contributed by atoms with E-state index in [1.807, 2.05) is 36.4 Å². The van der Waals surface area contributed by atoms with Crippen LogP contribution in [0.2, 0.25) is 5.02 Å². The van der Waals surface area contributed by atoms with Gasteiger partial charge in [0, 0.05) is 31.3 Å². The number of benzene rings is 3. The van der Waals surface area contributed by atoms with Gasteiger partial charge in [0.1, 0.15) is 16.9 Å². The number of allylic oxidation sites excluding steroid dienone is 4. The number of piperidine rings is 1. The van der Waals surface area contributed by atoms with Gasteiger partial charge in [-0.15, -0.1) is 0 Å². The van der Waals surface area contributed by atoms with Crippen LogP contribution < -0.4 is 15.4 Å². The van der Waals surface area contributed by atoms with Gasteiger partial charge in [0.2, 0.25) is 11.8 Å². The number of rotatable bonds is 5. The number of anilines is 1. The predicted octanol–water partition coefficient (Wildman–Crippen LogP) is 7.20. The highest BCUT2D eigenvalue weighted by Crippen LogP contribution is 2.58. The lowest BCUT2D eigenvalue weighted by Crippen LogP contribution is -2.59. The predicted molar refractivity (Wildman–Crippen MR) is 165 cm³/mol. The van der Waals surface area contributed by atoms with E-state index in [0.717, 1.165) is 9.13 Å². The number of halogens is 3. The molecule has 1 aliphatic carbocycles. The molecule has 1 spiro atoms. The molecule has 6 rings (SSSR count). The average Bonchev–Trinajstić information content (AvgIpc) is 3.22. The number of carboxylic acids is 1. The van der Waals surface area contributed by atoms with Gasteiger partial charge in [-0.1, -0.05) is 41.4 Å². The Bertz CT molecular complexity index is 1650. The third-order valence-electron chi connectivity index (χ3n) is 8.00. The van der Waals surface area contributed by atoms with Crippen LogP contribution in [0.1, 0.15) is 40.4 Å². The van der Waals surface area contributed by atoms with Crippen molar-refractivity contribution < 1.29 is 24.2 Å². The van der Waals surface area contributed by atoms with Crippen molar-refractivity contribution in [1.82, 2.24) is 5.32 Å². The second kappa shape index (κ2) is 10.8. The molecule has 3 N–H and O–H groups in total. The monoisotopic (exact) mass is 700 g/mol. The quantitative estimate of drug-likeness (QED) is 0.244. The highest BCUT2D eigenvalue weighted by molar-refractivity contribution is 14.1. The molecule has 41 heavy (non-hydrogen) atoms. The molecule has 2 aliphatic heterocycles. The zero-order valence-electron chi connectivity index (χ0n) is 21.4. The summed E-state index contributed by atoms with van der Waals surface area (Å²) in [6, 6.07) is 16.2. The van der Waals surface area contributed by atoms with Crippen molar-refractivity contribution in [3.8, 4) is 11.5 Å². The van der Waals surface area contributed by atoms with Gasteiger partial charge in [-0.25, -0.2) is 4.79 Å². The number of carbonyl (C=O) groups excluding carboxylic acids is 2. The van der Waals surface area contributed by atoms with Gasteiger partial charge in [-0.2, -0.15) is 0 Å². The molecule has 1 fully saturated rings. The van der Waals surface area contributed by atoms with E-state index >= 15 is 0 Å². The van der Waals surface area contributed by atoms with Crippen LogP contribution in [0.15, 0.2) is 83.9 Å². The van der Waals surface area contributed by atoms with Gasteiger partial charge in [0.15, 0.2) is 0 Å². The Kier molecular flexibility index (Phi) is 7.33. The van der Waals surface area contributed by atoms with Crippen LogP contribution in [0, 0.1) is 15.4 Å². The van der Waals surface area contributed by atoms with Crippen molar-refractivity contribution in [3.05, 3.63) is 109 Å². The zero-order valence-corrected chi connectivity index (χ0v) is 25.0. The van der Waals surface area contributed by atoms with E-state index in [9.17, 15) is 19.5 Å². The Balaban J connectivity index is 1.53. The van der Waals surface area contributed by atoms with Crippen molar-refractivity contribution in [2.75, 3.05) is 5.32 Å². The average molecular weight is 701 g/mol. The van der Waals surface area contributed by atoms with Gasteiger partial charge in [-0.05, 0) is 107 Å². The number of carboxylic acid groups (broad SMARTS) is 1. The number of carbonyl (C=O) groups is 3. The van der Waals surface area contributed by atoms with E-state index in [1.165, 1.54) is 12.1 Å². The van der Waals surface area contributed by atoms with Crippen LogP contribution >= 0.6 is 45.8 Å². The summed E-state index contributed by atoms with van der Waals surface area (Å²) in [5.41, 5.74) is 0.904. The molecule has 2 heterocycles. The minimum atomic E-state index is -1.20. The standard InChI is InChI=1S/C31H23Cl2IN2O5/c32-18-3-1-2-17(12-18)24-15-27(37)36-28(31(24)23-10-6-19(33)13-25(23)35-30(31)40)22-14-20(34)7-11-26(22)41-21-8-4-16(5-9-21)29(38)39/h1-11,13-14,17,24,28H,12,15H2,(H,35,40)(H,36,37)(H,38,39)/t17?,24-,28+,31-/m0/s1. The van der Waals surface area contributed by atoms with Crippen molar-refractivity contribution in [3.63, 3.8) is 0 Å². The molecule has 10 heteroatoms. The second-order valence-electron chi connectivity index (χ2n) is 10.3. The van der Waals surface area contributed by atoms with Crippen LogP contribution in [-0.4, -0.2) is 22.9 Å². The molecular formula is C31H23Cl2IN2O5. The summed E-state index contributed by atoms with van der Waals surface area (Å²) in [7, 11) is 0. The fraction of sp³-hybridized carbons (Fsp3) is 0.194. The molecule has 1 saturated heterocycles. The number of amides is 2. The molecule has 4 atom stereocenters. The first-order valence-corrected chi connectivity index (χ1v) is 14.7. The Morgan fingerprint density at radius 1 is 1.02 bits per heavy atom. The van der Waals surface area contributed by atoms with Crippen LogP contribution in [0.25, 0.3) is 0 Å². The van der Waals surface area contributed by atoms with Crippen LogP contribution in [-0.2, 0) is 15.0 Å². The largest absolute Gasteiger partial charge is 0.478 e. The molecule has 1 unspecified atom stereocenters. The van der Waals surface area contributed by atoms with Crippen molar-refractivity contribution in [1.29, 1.82) is 0 Å². The Hall–Kier alpha value is -3.34. The smallest absolute Gasteiger partial charge is 0.335 e. The van der Waals surface area contributed by atoms with E-state index in [2.05, 4.69) is 33.2 Å². The normalized spacial score (nSPS) is 24.9. The van der Waals surface area contributed by atoms with Gasteiger partial charge in [-0.3, -0.25) is 9.59 Å². The fourth-order valence-corrected chi connectivity index (χ4v) is 7.21. The molecule has 3 aliphatic rings. The van der Waals surface area contributed by atoms with Crippen LogP contribution in [0.3, 0.4) is 0 Å². The summed E-state index contributed by atoms with van der Waals surface area (Å²) in [6.45, 7) is 0. The Morgan fingerprint density at radius 2 is 1.80 bits per heavy atom. The number of ether oxygens (including phenoxy) is 1. The fourth-order valence-electron chi connectivity index (χ4n) is 6.27. The first-order valence-electron chi connectivity index (χ1n) is 12.9. The molecule has 0 saturated carbocycles. The molecule has 2 amide bonds. The number of hydrogen-bond donors (Lipinski definition) is 3. The number of fused-ring (bicyclic) bond motifs is 2. The highest BCUT2D eigenvalue weighted by Gasteiger charge is 2.62. The molecule has 7 nitrogen and oxygen atoms in total. The maximum Gasteiger partial charge on any atom is 0.335 e. The van der Waals surface area contributed by atoms with Gasteiger partial charge < -0.3 is 20.5 Å². The molecule has 208 valence electrons. The molecule has 3 aromatic carbocycles. The van der Waals surface area contributed by atoms with Crippen molar-refractivity contribution in [2.24, 2.45) is 11.8 Å². The molecule has 0 bridgehead atoms. The van der Waals surface area contributed by atoms with Gasteiger partial charge in [0.05, 0.1) is 11.6 Å². The second-order valence-corrected chi connectivity index (χ2v) is 12.5. The first kappa shape index (κ1) is 27.8. The first-order chi connectivity index (χ1) is 19.7. The Morgan fingerprint density at radius 3 is 2.54 bits per heavy atom. The van der Waals surface area contributed by atoms with Crippen molar-refractivity contribution >= 4 is 69.3 Å². The zero-order chi connectivity index (χ0) is 28.9. The molecule has 0 aromatic heterocycles. The van der Waals surface area contributed by atoms with E-state index in [-0.39, 0.29) is 29.7 Å². The summed E-state index contributed by atoms with van der Waals surface area (Å²) >= 11 is 15.0. The number of hydrogen-bond acceptors (Lipinski definition) is 4. The summed E-state index contributed by atoms with van der Waals surface area (Å²) in [4.78, 5) is 39.1. The maximum atomic E-state index is 14.3. The maximum absolute atomic E-state index is 14.3. The lowest BCUT2D eigenvalue weighted by atomic mass is 9.57. The lowest BCUT2D eigenvalue weighted by Gasteiger charge is -2.49. The summed E-state index contributed by atoms with van der Waals surface area (Å²) in [5, 5.41) is 16.6. The topological polar surface area (TPSA) is 105 Å². The number of aromatic carboxylic acids is 1. The van der Waals surface area contributed by atoms with E-state index < -0.39 is 23.3 Å². The highest BCUT2D eigenvalue weighted by atomic mass is 127. The van der Waals surface area contributed by atoms with Gasteiger partial charge in [0.25, 0.3) is 0 Å². The summed E-state index contributed by atoms with van der Waals surface area (Å²) in [5.74, 6) is -1.21. The molecule has 0 radical (unpaired) electrons. The van der Waals surface area contributed by atoms with E-state index in [4.69, 9.17) is 27.9 Å². The SMILES string of the molecule is O=C1C[C@@H](C2C=CC=C(Cl)C2)[C@]2(C(=O)Nc3cc(Cl)ccc32)[C@@H](c2cc(I)ccc2Oc2ccc(C(=O)O)cc2)N1. The molecular weight excluding hydrogens is 678 g/mol. The summed E-state index contributed by atoms with van der Waals surface area (Å²) in [6.07, 6.45) is 6.36. The minimum Gasteiger partial charge on any atom is -0.478 e. The summed E-state index contributed by atoms with van der Waals surface area (Å²) < 4.78 is 7.17. The van der Waals surface area contributed by atoms with Crippen LogP contribution in [0.4, 0.5) is 5.69 Å². The number of nitrogens with one attached hydrogen (secondary N) is 2. The third kappa shape index (κ3) is 4.91. The van der Waals surface area contributed by atoms with Crippen LogP contribution in [0.5, 0.6) is 11.5 Å². The van der Waals surface area contributed by atoms with E-state index in [0.29, 0.717) is 39.2 Å². The van der Waals surface area contributed by atoms with Crippen molar-refractivity contribution in [2.45, 2.75) is 24.3 Å². The third-order valence-corrected chi connectivity index (χ3v) is 9.18. The lowest BCUT2D eigenvalue weighted by molar-refractivity contribution is -0.135. The van der Waals surface area contributed by atoms with E-state index in [1.54, 1.807) is 30.3 Å². The Labute approximate surface area is 259 Å². The minimum absolute atomic E-state index is 0.127.